The molecule has 3 aromatic rings. The molecule has 0 radical (unpaired) electrons. The van der Waals surface area contributed by atoms with Crippen LogP contribution in [-0.2, 0) is 6.54 Å². The fourth-order valence-electron chi connectivity index (χ4n) is 3.65. The van der Waals surface area contributed by atoms with Crippen molar-refractivity contribution in [3.63, 3.8) is 0 Å². The van der Waals surface area contributed by atoms with Gasteiger partial charge in [-0.3, -0.25) is 9.78 Å². The van der Waals surface area contributed by atoms with Crippen LogP contribution >= 0.6 is 0 Å². The van der Waals surface area contributed by atoms with Crippen LogP contribution in [0, 0.1) is 6.92 Å². The number of pyridine rings is 1. The quantitative estimate of drug-likeness (QED) is 0.727. The van der Waals surface area contributed by atoms with E-state index in [2.05, 4.69) is 51.3 Å². The molecule has 5 heteroatoms. The molecule has 1 saturated heterocycles. The van der Waals surface area contributed by atoms with E-state index in [9.17, 15) is 4.79 Å². The Balaban J connectivity index is 1.37. The van der Waals surface area contributed by atoms with Crippen LogP contribution in [0.2, 0.25) is 0 Å². The second-order valence-corrected chi connectivity index (χ2v) is 7.41. The fourth-order valence-corrected chi connectivity index (χ4v) is 3.65. The van der Waals surface area contributed by atoms with Crippen molar-refractivity contribution in [2.45, 2.75) is 13.5 Å². The third-order valence-electron chi connectivity index (χ3n) is 5.29. The summed E-state index contributed by atoms with van der Waals surface area (Å²) >= 11 is 0. The van der Waals surface area contributed by atoms with Crippen LogP contribution in [0.15, 0.2) is 73.1 Å². The maximum absolute atomic E-state index is 12.5. The first-order valence-electron chi connectivity index (χ1n) is 10.0. The van der Waals surface area contributed by atoms with Gasteiger partial charge in [-0.25, -0.2) is 0 Å². The number of nitrogens with zero attached hydrogens (tertiary/aromatic N) is 3. The number of rotatable bonds is 5. The van der Waals surface area contributed by atoms with E-state index in [-0.39, 0.29) is 5.91 Å². The largest absolute Gasteiger partial charge is 0.368 e. The molecular weight excluding hydrogens is 360 g/mol. The Kier molecular flexibility index (Phi) is 5.75. The number of anilines is 2. The molecule has 1 aliphatic rings. The minimum absolute atomic E-state index is 0.0957. The molecule has 1 fully saturated rings. The number of hydrogen-bond acceptors (Lipinski definition) is 4. The van der Waals surface area contributed by atoms with Crippen LogP contribution in [0.25, 0.3) is 0 Å². The van der Waals surface area contributed by atoms with Crippen LogP contribution < -0.4 is 15.1 Å². The van der Waals surface area contributed by atoms with E-state index < -0.39 is 0 Å². The third-order valence-corrected chi connectivity index (χ3v) is 5.29. The van der Waals surface area contributed by atoms with E-state index in [4.69, 9.17) is 0 Å². The van der Waals surface area contributed by atoms with E-state index in [0.717, 1.165) is 37.4 Å². The molecule has 1 N–H and O–H groups in total. The van der Waals surface area contributed by atoms with Gasteiger partial charge in [-0.1, -0.05) is 42.5 Å². The smallest absolute Gasteiger partial charge is 0.253 e. The van der Waals surface area contributed by atoms with E-state index in [0.29, 0.717) is 12.1 Å². The topological polar surface area (TPSA) is 48.5 Å². The second-order valence-electron chi connectivity index (χ2n) is 7.41. The van der Waals surface area contributed by atoms with E-state index >= 15 is 0 Å². The second kappa shape index (κ2) is 8.78. The summed E-state index contributed by atoms with van der Waals surface area (Å²) < 4.78 is 0. The predicted molar refractivity (Wildman–Crippen MR) is 117 cm³/mol. The average molecular weight is 386 g/mol. The molecule has 1 aliphatic heterocycles. The minimum Gasteiger partial charge on any atom is -0.368 e. The molecule has 0 spiro atoms. The molecule has 0 atom stereocenters. The maximum atomic E-state index is 12.5. The zero-order valence-corrected chi connectivity index (χ0v) is 16.7. The molecule has 2 aromatic carbocycles. The summed E-state index contributed by atoms with van der Waals surface area (Å²) in [5.41, 5.74) is 5.23. The number of piperazine rings is 1. The van der Waals surface area contributed by atoms with Gasteiger partial charge in [0.1, 0.15) is 0 Å². The Morgan fingerprint density at radius 3 is 2.34 bits per heavy atom. The Morgan fingerprint density at radius 2 is 1.62 bits per heavy atom. The van der Waals surface area contributed by atoms with Crippen LogP contribution in [0.5, 0.6) is 0 Å². The summed E-state index contributed by atoms with van der Waals surface area (Å²) in [5.74, 6) is -0.0957. The van der Waals surface area contributed by atoms with Gasteiger partial charge in [-0.2, -0.15) is 0 Å². The SMILES string of the molecule is Cc1cccc(N2CCN(c3cncc(C(=O)NCc4ccccc4)c3)CC2)c1. The Morgan fingerprint density at radius 1 is 0.897 bits per heavy atom. The lowest BCUT2D eigenvalue weighted by molar-refractivity contribution is 0.0950. The number of aryl methyl sites for hydroxylation is 1. The number of amides is 1. The first kappa shape index (κ1) is 19.0. The summed E-state index contributed by atoms with van der Waals surface area (Å²) in [6, 6.07) is 20.5. The molecule has 0 unspecified atom stereocenters. The number of hydrogen-bond donors (Lipinski definition) is 1. The lowest BCUT2D eigenvalue weighted by Gasteiger charge is -2.37. The van der Waals surface area contributed by atoms with Gasteiger partial charge in [-0.05, 0) is 36.2 Å². The molecule has 2 heterocycles. The van der Waals surface area contributed by atoms with E-state index in [1.807, 2.05) is 42.6 Å². The predicted octanol–water partition coefficient (Wildman–Crippen LogP) is 3.65. The molecule has 0 saturated carbocycles. The summed E-state index contributed by atoms with van der Waals surface area (Å²) in [5, 5.41) is 2.97. The summed E-state index contributed by atoms with van der Waals surface area (Å²) in [7, 11) is 0. The van der Waals surface area contributed by atoms with Crippen molar-refractivity contribution >= 4 is 17.3 Å². The van der Waals surface area contributed by atoms with Crippen molar-refractivity contribution in [1.29, 1.82) is 0 Å². The number of carbonyl (C=O) groups is 1. The van der Waals surface area contributed by atoms with Crippen molar-refractivity contribution in [3.8, 4) is 0 Å². The Hall–Kier alpha value is -3.34. The monoisotopic (exact) mass is 386 g/mol. The van der Waals surface area contributed by atoms with Gasteiger partial charge in [0.05, 0.1) is 17.4 Å². The van der Waals surface area contributed by atoms with Crippen molar-refractivity contribution < 1.29 is 4.79 Å². The molecule has 0 bridgehead atoms. The Labute approximate surface area is 172 Å². The number of benzene rings is 2. The van der Waals surface area contributed by atoms with Gasteiger partial charge in [0.2, 0.25) is 0 Å². The molecule has 4 rings (SSSR count). The van der Waals surface area contributed by atoms with Crippen molar-refractivity contribution in [3.05, 3.63) is 89.7 Å². The molecule has 1 aromatic heterocycles. The molecule has 148 valence electrons. The lowest BCUT2D eigenvalue weighted by Crippen LogP contribution is -2.46. The lowest BCUT2D eigenvalue weighted by atomic mass is 10.1. The average Bonchev–Trinajstić information content (AvgIpc) is 2.78. The van der Waals surface area contributed by atoms with Gasteiger partial charge in [0, 0.05) is 44.6 Å². The minimum atomic E-state index is -0.0957. The standard InChI is InChI=1S/C24H26N4O/c1-19-6-5-9-22(14-19)27-10-12-28(13-11-27)23-15-21(17-25-18-23)24(29)26-16-20-7-3-2-4-8-20/h2-9,14-15,17-18H,10-13,16H2,1H3,(H,26,29). The van der Waals surface area contributed by atoms with Gasteiger partial charge < -0.3 is 15.1 Å². The van der Waals surface area contributed by atoms with Gasteiger partial charge in [0.15, 0.2) is 0 Å². The highest BCUT2D eigenvalue weighted by Crippen LogP contribution is 2.21. The highest BCUT2D eigenvalue weighted by Gasteiger charge is 2.19. The number of carbonyl (C=O) groups excluding carboxylic acids is 1. The highest BCUT2D eigenvalue weighted by atomic mass is 16.1. The van der Waals surface area contributed by atoms with Gasteiger partial charge in [-0.15, -0.1) is 0 Å². The van der Waals surface area contributed by atoms with Crippen LogP contribution in [-0.4, -0.2) is 37.1 Å². The van der Waals surface area contributed by atoms with E-state index in [1.165, 1.54) is 11.3 Å². The normalized spacial score (nSPS) is 14.0. The maximum Gasteiger partial charge on any atom is 0.253 e. The number of aromatic nitrogens is 1. The zero-order valence-electron chi connectivity index (χ0n) is 16.7. The van der Waals surface area contributed by atoms with E-state index in [1.54, 1.807) is 6.20 Å². The van der Waals surface area contributed by atoms with Crippen molar-refractivity contribution in [2.24, 2.45) is 0 Å². The fraction of sp³-hybridized carbons (Fsp3) is 0.250. The van der Waals surface area contributed by atoms with Crippen molar-refractivity contribution in [2.75, 3.05) is 36.0 Å². The number of nitrogens with one attached hydrogen (secondary N) is 1. The van der Waals surface area contributed by atoms with Crippen molar-refractivity contribution in [1.82, 2.24) is 10.3 Å². The molecule has 29 heavy (non-hydrogen) atoms. The summed E-state index contributed by atoms with van der Waals surface area (Å²) in [4.78, 5) is 21.6. The van der Waals surface area contributed by atoms with Crippen LogP contribution in [0.1, 0.15) is 21.5 Å². The van der Waals surface area contributed by atoms with Gasteiger partial charge >= 0.3 is 0 Å². The highest BCUT2D eigenvalue weighted by molar-refractivity contribution is 5.94. The Bertz CT molecular complexity index is 965. The van der Waals surface area contributed by atoms with Crippen LogP contribution in [0.4, 0.5) is 11.4 Å². The third kappa shape index (κ3) is 4.74. The zero-order chi connectivity index (χ0) is 20.1. The molecule has 1 amide bonds. The molecule has 0 aliphatic carbocycles. The van der Waals surface area contributed by atoms with Crippen LogP contribution in [0.3, 0.4) is 0 Å². The molecular formula is C24H26N4O. The van der Waals surface area contributed by atoms with Gasteiger partial charge in [0.25, 0.3) is 5.91 Å². The first-order valence-corrected chi connectivity index (χ1v) is 10.0. The summed E-state index contributed by atoms with van der Waals surface area (Å²) in [6.45, 7) is 6.36. The first-order chi connectivity index (χ1) is 14.2. The summed E-state index contributed by atoms with van der Waals surface area (Å²) in [6.07, 6.45) is 3.48. The molecule has 5 nitrogen and oxygen atoms in total.